The molecule has 2 rings (SSSR count). The van der Waals surface area contributed by atoms with Crippen LogP contribution in [0.2, 0.25) is 0 Å². The number of ether oxygens (including phenoxy) is 1. The Morgan fingerprint density at radius 3 is 2.89 bits per heavy atom. The minimum atomic E-state index is -3.32. The maximum atomic E-state index is 12.9. The molecule has 1 aliphatic heterocycles. The van der Waals surface area contributed by atoms with Crippen molar-refractivity contribution in [2.75, 3.05) is 6.54 Å². The van der Waals surface area contributed by atoms with Crippen molar-refractivity contribution in [2.45, 2.75) is 31.9 Å². The van der Waals surface area contributed by atoms with Crippen LogP contribution >= 0.6 is 0 Å². The van der Waals surface area contributed by atoms with E-state index in [0.717, 1.165) is 11.1 Å². The SMILES string of the molecule is Cc1cccc(CNCC2CC(F)(F)C(=O)O2)c1. The first-order chi connectivity index (χ1) is 8.47. The van der Waals surface area contributed by atoms with E-state index in [9.17, 15) is 13.6 Å². The van der Waals surface area contributed by atoms with Gasteiger partial charge in [0.05, 0.1) is 6.42 Å². The normalized spacial score (nSPS) is 21.9. The molecule has 1 atom stereocenters. The van der Waals surface area contributed by atoms with E-state index in [-0.39, 0.29) is 6.54 Å². The maximum absolute atomic E-state index is 12.9. The number of benzene rings is 1. The summed E-state index contributed by atoms with van der Waals surface area (Å²) in [5.74, 6) is -4.74. The van der Waals surface area contributed by atoms with Gasteiger partial charge < -0.3 is 10.1 Å². The second-order valence-corrected chi connectivity index (χ2v) is 4.56. The summed E-state index contributed by atoms with van der Waals surface area (Å²) in [4.78, 5) is 10.8. The van der Waals surface area contributed by atoms with E-state index in [1.54, 1.807) is 0 Å². The third-order valence-electron chi connectivity index (χ3n) is 2.84. The van der Waals surface area contributed by atoms with Gasteiger partial charge in [-0.1, -0.05) is 29.8 Å². The number of carbonyl (C=O) groups is 1. The topological polar surface area (TPSA) is 38.3 Å². The third-order valence-corrected chi connectivity index (χ3v) is 2.84. The number of halogens is 2. The van der Waals surface area contributed by atoms with Crippen LogP contribution in [-0.2, 0) is 16.1 Å². The Kier molecular flexibility index (Phi) is 3.61. The van der Waals surface area contributed by atoms with Crippen molar-refractivity contribution < 1.29 is 18.3 Å². The largest absolute Gasteiger partial charge is 0.456 e. The molecule has 0 spiro atoms. The van der Waals surface area contributed by atoms with Crippen molar-refractivity contribution in [3.63, 3.8) is 0 Å². The molecule has 1 N–H and O–H groups in total. The predicted molar refractivity (Wildman–Crippen MR) is 62.3 cm³/mol. The van der Waals surface area contributed by atoms with Gasteiger partial charge in [0.1, 0.15) is 6.10 Å². The molecule has 1 fully saturated rings. The Morgan fingerprint density at radius 1 is 1.50 bits per heavy atom. The Labute approximate surface area is 104 Å². The molecule has 5 heteroatoms. The van der Waals surface area contributed by atoms with Crippen LogP contribution in [0, 0.1) is 6.92 Å². The average molecular weight is 255 g/mol. The first kappa shape index (κ1) is 13.0. The van der Waals surface area contributed by atoms with E-state index in [0.29, 0.717) is 6.54 Å². The molecule has 1 aromatic carbocycles. The molecule has 1 aromatic rings. The second-order valence-electron chi connectivity index (χ2n) is 4.56. The zero-order valence-electron chi connectivity index (χ0n) is 10.1. The molecule has 0 bridgehead atoms. The Bertz CT molecular complexity index is 448. The lowest BCUT2D eigenvalue weighted by Crippen LogP contribution is -2.26. The van der Waals surface area contributed by atoms with Crippen molar-refractivity contribution in [1.82, 2.24) is 5.32 Å². The van der Waals surface area contributed by atoms with Gasteiger partial charge >= 0.3 is 11.9 Å². The Morgan fingerprint density at radius 2 is 2.28 bits per heavy atom. The van der Waals surface area contributed by atoms with Gasteiger partial charge in [-0.2, -0.15) is 8.78 Å². The summed E-state index contributed by atoms with van der Waals surface area (Å²) in [6.07, 6.45) is -1.27. The minimum Gasteiger partial charge on any atom is -0.456 e. The van der Waals surface area contributed by atoms with Crippen LogP contribution in [0.5, 0.6) is 0 Å². The molecular weight excluding hydrogens is 240 g/mol. The van der Waals surface area contributed by atoms with E-state index in [4.69, 9.17) is 0 Å². The van der Waals surface area contributed by atoms with Crippen LogP contribution in [0.15, 0.2) is 24.3 Å². The zero-order valence-corrected chi connectivity index (χ0v) is 10.1. The molecule has 0 aromatic heterocycles. The van der Waals surface area contributed by atoms with Crippen LogP contribution in [0.25, 0.3) is 0 Å². The lowest BCUT2D eigenvalue weighted by atomic mass is 10.1. The predicted octanol–water partition coefficient (Wildman–Crippen LogP) is 2.04. The first-order valence-electron chi connectivity index (χ1n) is 5.82. The van der Waals surface area contributed by atoms with Crippen molar-refractivity contribution >= 4 is 5.97 Å². The summed E-state index contributed by atoms with van der Waals surface area (Å²) in [5, 5.41) is 3.02. The number of aryl methyl sites for hydroxylation is 1. The molecule has 3 nitrogen and oxygen atoms in total. The van der Waals surface area contributed by atoms with Gasteiger partial charge in [0.25, 0.3) is 0 Å². The summed E-state index contributed by atoms with van der Waals surface area (Å²) in [7, 11) is 0. The molecule has 0 amide bonds. The van der Waals surface area contributed by atoms with Crippen LogP contribution in [0.1, 0.15) is 17.5 Å². The molecule has 18 heavy (non-hydrogen) atoms. The third kappa shape index (κ3) is 3.04. The Hall–Kier alpha value is -1.49. The van der Waals surface area contributed by atoms with Crippen molar-refractivity contribution in [3.05, 3.63) is 35.4 Å². The quantitative estimate of drug-likeness (QED) is 0.837. The summed E-state index contributed by atoms with van der Waals surface area (Å²) in [6.45, 7) is 2.80. The van der Waals surface area contributed by atoms with Crippen LogP contribution in [-0.4, -0.2) is 24.5 Å². The van der Waals surface area contributed by atoms with Crippen molar-refractivity contribution in [3.8, 4) is 0 Å². The summed E-state index contributed by atoms with van der Waals surface area (Å²) in [5.41, 5.74) is 2.22. The van der Waals surface area contributed by atoms with E-state index in [1.165, 1.54) is 0 Å². The fraction of sp³-hybridized carbons (Fsp3) is 0.462. The molecule has 0 aliphatic carbocycles. The molecule has 98 valence electrons. The summed E-state index contributed by atoms with van der Waals surface area (Å²) >= 11 is 0. The van der Waals surface area contributed by atoms with E-state index < -0.39 is 24.4 Å². The average Bonchev–Trinajstić information content (AvgIpc) is 2.53. The van der Waals surface area contributed by atoms with Crippen LogP contribution < -0.4 is 5.32 Å². The number of carbonyl (C=O) groups excluding carboxylic acids is 1. The monoisotopic (exact) mass is 255 g/mol. The molecule has 1 saturated heterocycles. The molecule has 0 saturated carbocycles. The van der Waals surface area contributed by atoms with Gasteiger partial charge in [-0.05, 0) is 12.5 Å². The fourth-order valence-electron chi connectivity index (χ4n) is 1.96. The van der Waals surface area contributed by atoms with Gasteiger partial charge in [0.2, 0.25) is 0 Å². The second kappa shape index (κ2) is 5.02. The van der Waals surface area contributed by atoms with Gasteiger partial charge in [-0.15, -0.1) is 0 Å². The molecule has 1 aliphatic rings. The molecule has 1 unspecified atom stereocenters. The maximum Gasteiger partial charge on any atom is 0.377 e. The smallest absolute Gasteiger partial charge is 0.377 e. The number of nitrogens with one attached hydrogen (secondary N) is 1. The number of esters is 1. The lowest BCUT2D eigenvalue weighted by Gasteiger charge is -2.10. The number of rotatable bonds is 4. The van der Waals surface area contributed by atoms with Gasteiger partial charge in [0, 0.05) is 13.1 Å². The first-order valence-corrected chi connectivity index (χ1v) is 5.82. The van der Waals surface area contributed by atoms with Crippen LogP contribution in [0.3, 0.4) is 0 Å². The van der Waals surface area contributed by atoms with Gasteiger partial charge in [-0.25, -0.2) is 4.79 Å². The highest BCUT2D eigenvalue weighted by molar-refractivity contribution is 5.79. The summed E-state index contributed by atoms with van der Waals surface area (Å²) < 4.78 is 30.4. The van der Waals surface area contributed by atoms with E-state index in [1.807, 2.05) is 31.2 Å². The zero-order chi connectivity index (χ0) is 13.2. The molecular formula is C13H15F2NO2. The minimum absolute atomic E-state index is 0.245. The fourth-order valence-corrected chi connectivity index (χ4v) is 1.96. The van der Waals surface area contributed by atoms with Gasteiger partial charge in [-0.3, -0.25) is 0 Å². The standard InChI is InChI=1S/C13H15F2NO2/c1-9-3-2-4-10(5-9)7-16-8-11-6-13(14,15)12(17)18-11/h2-5,11,16H,6-8H2,1H3. The van der Waals surface area contributed by atoms with Gasteiger partial charge in [0.15, 0.2) is 0 Å². The van der Waals surface area contributed by atoms with E-state index >= 15 is 0 Å². The number of hydrogen-bond donors (Lipinski definition) is 1. The van der Waals surface area contributed by atoms with E-state index in [2.05, 4.69) is 10.1 Å². The molecule has 1 heterocycles. The molecule has 0 radical (unpaired) electrons. The highest BCUT2D eigenvalue weighted by Crippen LogP contribution is 2.30. The highest BCUT2D eigenvalue weighted by atomic mass is 19.3. The number of cyclic esters (lactones) is 1. The van der Waals surface area contributed by atoms with Crippen molar-refractivity contribution in [1.29, 1.82) is 0 Å². The number of alkyl halides is 2. The number of hydrogen-bond acceptors (Lipinski definition) is 3. The van der Waals surface area contributed by atoms with Crippen LogP contribution in [0.4, 0.5) is 8.78 Å². The van der Waals surface area contributed by atoms with Crippen molar-refractivity contribution in [2.24, 2.45) is 0 Å². The highest BCUT2D eigenvalue weighted by Gasteiger charge is 2.50. The Balaban J connectivity index is 1.78. The lowest BCUT2D eigenvalue weighted by molar-refractivity contribution is -0.159. The summed E-state index contributed by atoms with van der Waals surface area (Å²) in [6, 6.07) is 7.90.